The summed E-state index contributed by atoms with van der Waals surface area (Å²) >= 11 is 0. The molecule has 7 heteroatoms. The number of pyridine rings is 1. The van der Waals surface area contributed by atoms with E-state index in [9.17, 15) is 4.39 Å². The smallest absolute Gasteiger partial charge is 0.170 e. The van der Waals surface area contributed by atoms with Crippen molar-refractivity contribution in [2.45, 2.75) is 13.0 Å². The van der Waals surface area contributed by atoms with E-state index in [2.05, 4.69) is 28.3 Å². The number of ether oxygens (including phenoxy) is 1. The van der Waals surface area contributed by atoms with Crippen molar-refractivity contribution < 1.29 is 13.5 Å². The highest BCUT2D eigenvalue weighted by atomic mass is 19.1. The summed E-state index contributed by atoms with van der Waals surface area (Å²) < 4.78 is 37.7. The predicted octanol–water partition coefficient (Wildman–Crippen LogP) is 4.28. The number of fused-ring (bicyclic) bond motifs is 4. The van der Waals surface area contributed by atoms with E-state index < -0.39 is 0 Å². The van der Waals surface area contributed by atoms with Crippen molar-refractivity contribution in [1.82, 2.24) is 14.5 Å². The molecule has 1 atom stereocenters. The van der Waals surface area contributed by atoms with Crippen LogP contribution in [0.5, 0.6) is 5.75 Å². The van der Waals surface area contributed by atoms with Crippen molar-refractivity contribution >= 4 is 27.5 Å². The number of nitrogens with zero attached hydrogens (tertiary/aromatic N) is 4. The van der Waals surface area contributed by atoms with Gasteiger partial charge in [0, 0.05) is 48.7 Å². The molecule has 0 saturated carbocycles. The molecular weight excluding hydrogens is 386 g/mol. The van der Waals surface area contributed by atoms with Crippen LogP contribution < -0.4 is 9.64 Å². The molecule has 0 N–H and O–H groups in total. The van der Waals surface area contributed by atoms with Crippen LogP contribution in [-0.4, -0.2) is 54.3 Å². The van der Waals surface area contributed by atoms with E-state index in [0.29, 0.717) is 34.6 Å². The van der Waals surface area contributed by atoms with Gasteiger partial charge in [0.2, 0.25) is 0 Å². The molecule has 4 aliphatic rings. The van der Waals surface area contributed by atoms with Crippen LogP contribution in [-0.2, 0) is 0 Å². The second-order valence-corrected chi connectivity index (χ2v) is 8.45. The van der Waals surface area contributed by atoms with Crippen molar-refractivity contribution in [1.29, 1.82) is 0 Å². The molecule has 2 aromatic carbocycles. The first-order valence-corrected chi connectivity index (χ1v) is 10.3. The number of halogens is 2. The molecule has 2 aromatic rings. The summed E-state index contributed by atoms with van der Waals surface area (Å²) in [6.45, 7) is 5.81. The van der Waals surface area contributed by atoms with E-state index in [1.807, 2.05) is 6.20 Å². The van der Waals surface area contributed by atoms with Crippen LogP contribution in [0.3, 0.4) is 0 Å². The molecule has 0 aliphatic carbocycles. The summed E-state index contributed by atoms with van der Waals surface area (Å²) in [5.41, 5.74) is 3.63. The fourth-order valence-corrected chi connectivity index (χ4v) is 4.81. The zero-order valence-corrected chi connectivity index (χ0v) is 17.0. The lowest BCUT2D eigenvalue weighted by atomic mass is 10.0. The van der Waals surface area contributed by atoms with Crippen LogP contribution in [0, 0.1) is 11.6 Å². The first kappa shape index (κ1) is 17.9. The maximum atomic E-state index is 15.5. The lowest BCUT2D eigenvalue weighted by Crippen LogP contribution is -2.45. The molecule has 6 rings (SSSR count). The van der Waals surface area contributed by atoms with Gasteiger partial charge in [0.25, 0.3) is 0 Å². The highest BCUT2D eigenvalue weighted by molar-refractivity contribution is 6.09. The summed E-state index contributed by atoms with van der Waals surface area (Å²) in [5, 5.41) is 1.46. The van der Waals surface area contributed by atoms with Gasteiger partial charge < -0.3 is 19.1 Å². The Morgan fingerprint density at radius 1 is 1.07 bits per heavy atom. The van der Waals surface area contributed by atoms with E-state index >= 15 is 4.39 Å². The highest BCUT2D eigenvalue weighted by Crippen LogP contribution is 2.47. The molecule has 4 aliphatic heterocycles. The second kappa shape index (κ2) is 6.28. The minimum absolute atomic E-state index is 0.0775. The quantitative estimate of drug-likeness (QED) is 0.471. The van der Waals surface area contributed by atoms with Crippen LogP contribution in [0.2, 0.25) is 0 Å². The molecule has 0 bridgehead atoms. The standard InChI is InChI=1S/C23H22F2N4O/c1-13-12-30-23-21-16(10-18(25)22(23)28-7-5-27(2)6-8-28)20-17(11-29(13)21)15-9-14(24)3-4-19(15)26-20/h3-4,9-11,13H,5-8,12H2,1-2H3/t13-/m0/s1. The minimum Gasteiger partial charge on any atom is -0.487 e. The Hall–Kier alpha value is -2.93. The van der Waals surface area contributed by atoms with Gasteiger partial charge in [0.1, 0.15) is 18.1 Å². The van der Waals surface area contributed by atoms with Gasteiger partial charge in [0.05, 0.1) is 22.8 Å². The van der Waals surface area contributed by atoms with Gasteiger partial charge in [-0.2, -0.15) is 0 Å². The molecule has 0 radical (unpaired) electrons. The Morgan fingerprint density at radius 3 is 2.67 bits per heavy atom. The molecular formula is C23H22F2N4O. The van der Waals surface area contributed by atoms with Gasteiger partial charge in [-0.3, -0.25) is 0 Å². The van der Waals surface area contributed by atoms with Crippen LogP contribution in [0.1, 0.15) is 13.0 Å². The summed E-state index contributed by atoms with van der Waals surface area (Å²) in [6, 6.07) is 6.24. The number of anilines is 1. The number of hydrogen-bond donors (Lipinski definition) is 0. The predicted molar refractivity (Wildman–Crippen MR) is 114 cm³/mol. The van der Waals surface area contributed by atoms with E-state index in [1.165, 1.54) is 12.1 Å². The first-order chi connectivity index (χ1) is 14.5. The Labute approximate surface area is 172 Å². The summed E-state index contributed by atoms with van der Waals surface area (Å²) in [6.07, 6.45) is 2.02. The lowest BCUT2D eigenvalue weighted by molar-refractivity contribution is 0.245. The number of rotatable bonds is 1. The first-order valence-electron chi connectivity index (χ1n) is 10.3. The largest absolute Gasteiger partial charge is 0.487 e. The number of hydrogen-bond acceptors (Lipinski definition) is 4. The highest BCUT2D eigenvalue weighted by Gasteiger charge is 2.31. The number of likely N-dealkylation sites (N-methyl/N-ethyl adjacent to an activating group) is 1. The van der Waals surface area contributed by atoms with Crippen molar-refractivity contribution in [3.63, 3.8) is 0 Å². The third-order valence-corrected chi connectivity index (χ3v) is 6.46. The maximum Gasteiger partial charge on any atom is 0.170 e. The average Bonchev–Trinajstić information content (AvgIpc) is 3.09. The summed E-state index contributed by atoms with van der Waals surface area (Å²) in [7, 11) is 2.08. The third-order valence-electron chi connectivity index (χ3n) is 6.46. The van der Waals surface area contributed by atoms with Crippen molar-refractivity contribution in [2.24, 2.45) is 0 Å². The molecule has 154 valence electrons. The average molecular weight is 408 g/mol. The van der Waals surface area contributed by atoms with Gasteiger partial charge >= 0.3 is 0 Å². The minimum atomic E-state index is -0.302. The number of aromatic nitrogens is 2. The van der Waals surface area contributed by atoms with Gasteiger partial charge in [-0.05, 0) is 38.2 Å². The maximum absolute atomic E-state index is 15.5. The van der Waals surface area contributed by atoms with Gasteiger partial charge in [0.15, 0.2) is 11.6 Å². The Balaban J connectivity index is 1.68. The third kappa shape index (κ3) is 2.45. The lowest BCUT2D eigenvalue weighted by Gasteiger charge is -2.37. The SMILES string of the molecule is C[C@H]1COc2c(N3CCN(C)CC3)c(F)cc3c4nc5ccc(F)cc5c-4cn1c23. The van der Waals surface area contributed by atoms with Gasteiger partial charge in [-0.1, -0.05) is 0 Å². The van der Waals surface area contributed by atoms with Crippen molar-refractivity contribution in [3.05, 3.63) is 42.1 Å². The van der Waals surface area contributed by atoms with Crippen LogP contribution >= 0.6 is 0 Å². The molecule has 0 spiro atoms. The van der Waals surface area contributed by atoms with Crippen LogP contribution in [0.25, 0.3) is 33.1 Å². The number of piperazine rings is 1. The Bertz CT molecular complexity index is 1280. The van der Waals surface area contributed by atoms with E-state index in [0.717, 1.165) is 42.6 Å². The Morgan fingerprint density at radius 2 is 1.87 bits per heavy atom. The van der Waals surface area contributed by atoms with Crippen LogP contribution in [0.15, 0.2) is 30.5 Å². The Kier molecular flexibility index (Phi) is 3.75. The second-order valence-electron chi connectivity index (χ2n) is 8.45. The molecule has 1 saturated heterocycles. The van der Waals surface area contributed by atoms with Crippen LogP contribution in [0.4, 0.5) is 14.5 Å². The summed E-state index contributed by atoms with van der Waals surface area (Å²) in [4.78, 5) is 9.05. The van der Waals surface area contributed by atoms with Gasteiger partial charge in [-0.15, -0.1) is 0 Å². The van der Waals surface area contributed by atoms with Gasteiger partial charge in [-0.25, -0.2) is 13.8 Å². The molecule has 0 aromatic heterocycles. The molecule has 5 nitrogen and oxygen atoms in total. The molecule has 30 heavy (non-hydrogen) atoms. The molecule has 4 heterocycles. The molecule has 0 unspecified atom stereocenters. The topological polar surface area (TPSA) is 33.5 Å². The monoisotopic (exact) mass is 408 g/mol. The van der Waals surface area contributed by atoms with Crippen molar-refractivity contribution in [3.8, 4) is 17.0 Å². The van der Waals surface area contributed by atoms with E-state index in [-0.39, 0.29) is 17.7 Å². The van der Waals surface area contributed by atoms with E-state index in [4.69, 9.17) is 9.72 Å². The fraction of sp³-hybridized carbons (Fsp3) is 0.348. The molecule has 0 amide bonds. The van der Waals surface area contributed by atoms with E-state index in [1.54, 1.807) is 12.1 Å². The normalized spacial score (nSPS) is 19.7. The summed E-state index contributed by atoms with van der Waals surface area (Å²) in [5.74, 6) is -0.00844. The van der Waals surface area contributed by atoms with Crippen molar-refractivity contribution in [2.75, 3.05) is 44.7 Å². The zero-order chi connectivity index (χ0) is 20.6. The molecule has 1 fully saturated rings. The zero-order valence-electron chi connectivity index (χ0n) is 17.0. The number of benzene rings is 2. The fourth-order valence-electron chi connectivity index (χ4n) is 4.81.